The van der Waals surface area contributed by atoms with Gasteiger partial charge in [-0.25, -0.2) is 0 Å². The van der Waals surface area contributed by atoms with E-state index in [-0.39, 0.29) is 5.91 Å². The van der Waals surface area contributed by atoms with Gasteiger partial charge in [0, 0.05) is 31.6 Å². The number of hydrogen-bond donors (Lipinski definition) is 0. The van der Waals surface area contributed by atoms with Crippen LogP contribution in [0.1, 0.15) is 5.56 Å². The predicted octanol–water partition coefficient (Wildman–Crippen LogP) is 3.20. The number of rotatable bonds is 5. The number of amides is 1. The van der Waals surface area contributed by atoms with Gasteiger partial charge in [-0.05, 0) is 41.4 Å². The van der Waals surface area contributed by atoms with E-state index in [1.54, 1.807) is 14.2 Å². The lowest BCUT2D eigenvalue weighted by molar-refractivity contribution is -0.130. The Morgan fingerprint density at radius 1 is 1.04 bits per heavy atom. The number of piperazine rings is 1. The maximum Gasteiger partial charge on any atom is 0.227 e. The lowest BCUT2D eigenvalue weighted by Gasteiger charge is -2.35. The van der Waals surface area contributed by atoms with Gasteiger partial charge in [0.05, 0.1) is 25.3 Å². The molecule has 146 valence electrons. The van der Waals surface area contributed by atoms with Crippen molar-refractivity contribution in [3.63, 3.8) is 0 Å². The second-order valence-corrected chi connectivity index (χ2v) is 7.54. The molecule has 28 heavy (non-hydrogen) atoms. The lowest BCUT2D eigenvalue weighted by Crippen LogP contribution is -2.49. The molecule has 1 aliphatic rings. The van der Waals surface area contributed by atoms with Gasteiger partial charge < -0.3 is 19.3 Å². The average molecular weight is 398 g/mol. The highest BCUT2D eigenvalue weighted by atomic mass is 32.1. The molecule has 0 spiro atoms. The third kappa shape index (κ3) is 3.62. The number of carbonyl (C=O) groups is 1. The van der Waals surface area contributed by atoms with Gasteiger partial charge in [0.25, 0.3) is 0 Å². The molecule has 0 N–H and O–H groups in total. The largest absolute Gasteiger partial charge is 0.493 e. The first kappa shape index (κ1) is 18.6. The molecule has 6 nitrogen and oxygen atoms in total. The Balaban J connectivity index is 1.39. The highest BCUT2D eigenvalue weighted by Crippen LogP contribution is 2.30. The molecule has 0 atom stereocenters. The van der Waals surface area contributed by atoms with Crippen LogP contribution in [0.15, 0.2) is 42.5 Å². The van der Waals surface area contributed by atoms with Crippen LogP contribution in [-0.2, 0) is 11.2 Å². The smallest absolute Gasteiger partial charge is 0.227 e. The average Bonchev–Trinajstić information content (AvgIpc) is 3.18. The van der Waals surface area contributed by atoms with Crippen molar-refractivity contribution >= 4 is 33.3 Å². The van der Waals surface area contributed by atoms with Crippen molar-refractivity contribution < 1.29 is 14.3 Å². The van der Waals surface area contributed by atoms with Crippen LogP contribution in [0, 0.1) is 0 Å². The topological polar surface area (TPSA) is 54.9 Å². The van der Waals surface area contributed by atoms with Crippen LogP contribution < -0.4 is 14.4 Å². The third-order valence-corrected chi connectivity index (χ3v) is 5.91. The molecule has 1 aromatic heterocycles. The Morgan fingerprint density at radius 2 is 1.79 bits per heavy atom. The number of carbonyl (C=O) groups excluding carboxylic acids is 1. The van der Waals surface area contributed by atoms with Crippen LogP contribution in [0.2, 0.25) is 0 Å². The predicted molar refractivity (Wildman–Crippen MR) is 112 cm³/mol. The summed E-state index contributed by atoms with van der Waals surface area (Å²) >= 11 is 1.53. The third-order valence-electron chi connectivity index (χ3n) is 5.09. The number of nitrogens with zero attached hydrogens (tertiary/aromatic N) is 3. The van der Waals surface area contributed by atoms with Crippen molar-refractivity contribution in [1.29, 1.82) is 0 Å². The Hall–Kier alpha value is -2.80. The van der Waals surface area contributed by atoms with Crippen molar-refractivity contribution in [2.24, 2.45) is 0 Å². The van der Waals surface area contributed by atoms with Crippen molar-refractivity contribution in [1.82, 2.24) is 9.27 Å². The molecule has 0 bridgehead atoms. The van der Waals surface area contributed by atoms with Gasteiger partial charge >= 0.3 is 0 Å². The summed E-state index contributed by atoms with van der Waals surface area (Å²) in [5.41, 5.74) is 0.926. The minimum Gasteiger partial charge on any atom is -0.493 e. The first-order valence-electron chi connectivity index (χ1n) is 9.27. The molecule has 0 aliphatic carbocycles. The monoisotopic (exact) mass is 397 g/mol. The fourth-order valence-electron chi connectivity index (χ4n) is 3.55. The SMILES string of the molecule is COc1ccc(CC(=O)N2CCN(c3nsc4ccccc34)CC2)cc1OC. The van der Waals surface area contributed by atoms with E-state index in [1.807, 2.05) is 35.2 Å². The molecular weight excluding hydrogens is 374 g/mol. The number of ether oxygens (including phenoxy) is 2. The van der Waals surface area contributed by atoms with Gasteiger partial charge in [0.2, 0.25) is 5.91 Å². The minimum atomic E-state index is 0.134. The zero-order chi connectivity index (χ0) is 19.5. The number of aromatic nitrogens is 1. The summed E-state index contributed by atoms with van der Waals surface area (Å²) in [5, 5.41) is 1.19. The van der Waals surface area contributed by atoms with Crippen molar-refractivity contribution in [2.45, 2.75) is 6.42 Å². The first-order chi connectivity index (χ1) is 13.7. The maximum atomic E-state index is 12.7. The molecule has 2 aromatic carbocycles. The highest BCUT2D eigenvalue weighted by Gasteiger charge is 2.24. The zero-order valence-corrected chi connectivity index (χ0v) is 16.9. The van der Waals surface area contributed by atoms with E-state index in [0.717, 1.165) is 24.5 Å². The van der Waals surface area contributed by atoms with Crippen LogP contribution in [0.25, 0.3) is 10.1 Å². The van der Waals surface area contributed by atoms with Gasteiger partial charge in [-0.15, -0.1) is 0 Å². The molecule has 1 amide bonds. The summed E-state index contributed by atoms with van der Waals surface area (Å²) in [7, 11) is 3.21. The number of anilines is 1. The molecule has 1 aliphatic heterocycles. The van der Waals surface area contributed by atoms with Gasteiger partial charge in [-0.3, -0.25) is 4.79 Å². The van der Waals surface area contributed by atoms with Crippen molar-refractivity contribution in [2.75, 3.05) is 45.3 Å². The Kier molecular flexibility index (Phi) is 5.34. The molecule has 1 saturated heterocycles. The van der Waals surface area contributed by atoms with Crippen LogP contribution >= 0.6 is 11.5 Å². The molecule has 0 saturated carbocycles. The van der Waals surface area contributed by atoms with Crippen LogP contribution in [0.3, 0.4) is 0 Å². The first-order valence-corrected chi connectivity index (χ1v) is 10.0. The normalized spacial score (nSPS) is 14.4. The maximum absolute atomic E-state index is 12.7. The zero-order valence-electron chi connectivity index (χ0n) is 16.1. The lowest BCUT2D eigenvalue weighted by atomic mass is 10.1. The molecule has 0 unspecified atom stereocenters. The van der Waals surface area contributed by atoms with E-state index in [2.05, 4.69) is 21.4 Å². The fourth-order valence-corrected chi connectivity index (χ4v) is 4.34. The summed E-state index contributed by atoms with van der Waals surface area (Å²) in [5.74, 6) is 2.48. The van der Waals surface area contributed by atoms with E-state index in [1.165, 1.54) is 21.6 Å². The fraction of sp³-hybridized carbons (Fsp3) is 0.333. The number of methoxy groups -OCH3 is 2. The van der Waals surface area contributed by atoms with Gasteiger partial charge in [0.15, 0.2) is 11.5 Å². The standard InChI is InChI=1S/C21H23N3O3S/c1-26-17-8-7-15(13-18(17)27-2)14-20(25)23-9-11-24(12-10-23)21-16-5-3-4-6-19(16)28-22-21/h3-8,13H,9-12,14H2,1-2H3. The van der Waals surface area contributed by atoms with Gasteiger partial charge in [0.1, 0.15) is 5.82 Å². The summed E-state index contributed by atoms with van der Waals surface area (Å²) in [4.78, 5) is 17.0. The van der Waals surface area contributed by atoms with E-state index in [4.69, 9.17) is 9.47 Å². The summed E-state index contributed by atoms with van der Waals surface area (Å²) in [6, 6.07) is 13.9. The number of benzene rings is 2. The number of fused-ring (bicyclic) bond motifs is 1. The van der Waals surface area contributed by atoms with E-state index >= 15 is 0 Å². The summed E-state index contributed by atoms with van der Waals surface area (Å²) in [6.07, 6.45) is 0.361. The van der Waals surface area contributed by atoms with E-state index in [9.17, 15) is 4.79 Å². The molecule has 2 heterocycles. The molecular formula is C21H23N3O3S. The van der Waals surface area contributed by atoms with Gasteiger partial charge in [-0.1, -0.05) is 18.2 Å². The van der Waals surface area contributed by atoms with E-state index < -0.39 is 0 Å². The van der Waals surface area contributed by atoms with E-state index in [0.29, 0.717) is 31.0 Å². The van der Waals surface area contributed by atoms with Crippen LogP contribution in [0.4, 0.5) is 5.82 Å². The van der Waals surface area contributed by atoms with Crippen LogP contribution in [0.5, 0.6) is 11.5 Å². The van der Waals surface area contributed by atoms with Crippen molar-refractivity contribution in [3.05, 3.63) is 48.0 Å². The van der Waals surface area contributed by atoms with Crippen molar-refractivity contribution in [3.8, 4) is 11.5 Å². The van der Waals surface area contributed by atoms with Crippen LogP contribution in [-0.4, -0.2) is 55.6 Å². The Morgan fingerprint density at radius 3 is 2.54 bits per heavy atom. The minimum absolute atomic E-state index is 0.134. The molecule has 4 rings (SSSR count). The molecule has 0 radical (unpaired) electrons. The summed E-state index contributed by atoms with van der Waals surface area (Å²) in [6.45, 7) is 3.01. The second-order valence-electron chi connectivity index (χ2n) is 6.74. The second kappa shape index (κ2) is 8.06. The highest BCUT2D eigenvalue weighted by molar-refractivity contribution is 7.13. The molecule has 1 fully saturated rings. The summed E-state index contributed by atoms with van der Waals surface area (Å²) < 4.78 is 16.4. The Labute approximate surface area is 168 Å². The molecule has 3 aromatic rings. The quantitative estimate of drug-likeness (QED) is 0.662. The molecule has 7 heteroatoms. The van der Waals surface area contributed by atoms with Gasteiger partial charge in [-0.2, -0.15) is 4.37 Å². The number of hydrogen-bond acceptors (Lipinski definition) is 6. The Bertz CT molecular complexity index is 980.